The summed E-state index contributed by atoms with van der Waals surface area (Å²) in [6, 6.07) is 11.8. The van der Waals surface area contributed by atoms with Crippen LogP contribution in [0.4, 0.5) is 0 Å². The molecule has 2 heterocycles. The Balaban J connectivity index is 2.03. The van der Waals surface area contributed by atoms with Crippen molar-refractivity contribution in [2.45, 2.75) is 26.3 Å². The molecule has 0 atom stereocenters. The quantitative estimate of drug-likeness (QED) is 0.741. The number of benzene rings is 1. The molecule has 0 spiro atoms. The van der Waals surface area contributed by atoms with Gasteiger partial charge in [-0.3, -0.25) is 0 Å². The fraction of sp³-hybridized carbons (Fsp3) is 0.250. The lowest BCUT2D eigenvalue weighted by atomic mass is 9.88. The third kappa shape index (κ3) is 2.69. The maximum Gasteiger partial charge on any atom is 0.326 e. The third-order valence-corrected chi connectivity index (χ3v) is 3.54. The third-order valence-electron chi connectivity index (χ3n) is 3.54. The predicted octanol–water partition coefficient (Wildman–Crippen LogP) is 1.84. The van der Waals surface area contributed by atoms with Gasteiger partial charge in [-0.25, -0.2) is 9.97 Å². The number of hydrogen-bond acceptors (Lipinski definition) is 3. The number of pyridine rings is 1. The zero-order valence-electron chi connectivity index (χ0n) is 12.2. The molecule has 0 saturated carbocycles. The zero-order chi connectivity index (χ0) is 14.8. The van der Waals surface area contributed by atoms with Gasteiger partial charge in [-0.15, -0.1) is 0 Å². The van der Waals surface area contributed by atoms with E-state index in [2.05, 4.69) is 34.4 Å². The molecule has 5 heteroatoms. The Morgan fingerprint density at radius 3 is 2.62 bits per heavy atom. The summed E-state index contributed by atoms with van der Waals surface area (Å²) < 4.78 is 2.21. The first kappa shape index (κ1) is 13.8. The van der Waals surface area contributed by atoms with Crippen molar-refractivity contribution in [2.75, 3.05) is 0 Å². The molecular weight excluding hydrogens is 261 g/mol. The van der Waals surface area contributed by atoms with Gasteiger partial charge in [0.15, 0.2) is 5.65 Å². The minimum atomic E-state index is 0.337. The topological polar surface area (TPSA) is 50.9 Å². The molecule has 0 fully saturated rings. The molecule has 1 aromatic carbocycles. The molecule has 0 unspecified atom stereocenters. The van der Waals surface area contributed by atoms with E-state index in [0.29, 0.717) is 5.92 Å². The van der Waals surface area contributed by atoms with Gasteiger partial charge in [-0.1, -0.05) is 43.6 Å². The van der Waals surface area contributed by atoms with E-state index in [-0.39, 0.29) is 0 Å². The van der Waals surface area contributed by atoms with Crippen molar-refractivity contribution in [3.8, 4) is 0 Å². The molecule has 4 nitrogen and oxygen atoms in total. The van der Waals surface area contributed by atoms with Gasteiger partial charge in [0, 0.05) is 18.7 Å². The van der Waals surface area contributed by atoms with E-state index in [9.17, 15) is 0 Å². The van der Waals surface area contributed by atoms with Crippen molar-refractivity contribution in [3.63, 3.8) is 0 Å². The number of imidazole rings is 1. The van der Waals surface area contributed by atoms with Crippen LogP contribution in [0.25, 0.3) is 11.2 Å². The summed E-state index contributed by atoms with van der Waals surface area (Å²) in [5.41, 5.74) is 3.83. The van der Waals surface area contributed by atoms with Crippen molar-refractivity contribution < 1.29 is 5.02 Å². The van der Waals surface area contributed by atoms with Gasteiger partial charge in [0.05, 0.1) is 5.52 Å². The summed E-state index contributed by atoms with van der Waals surface area (Å²) in [4.78, 5) is 8.99. The van der Waals surface area contributed by atoms with Gasteiger partial charge in [-0.05, 0) is 17.7 Å². The van der Waals surface area contributed by atoms with Crippen molar-refractivity contribution in [3.05, 3.63) is 54.0 Å². The van der Waals surface area contributed by atoms with E-state index >= 15 is 0 Å². The smallest absolute Gasteiger partial charge is 0.326 e. The van der Waals surface area contributed by atoms with Gasteiger partial charge in [0.2, 0.25) is 0 Å². The molecule has 0 saturated heterocycles. The molecular formula is C16H17BN3O. The fourth-order valence-electron chi connectivity index (χ4n) is 2.48. The normalized spacial score (nSPS) is 11.2. The van der Waals surface area contributed by atoms with E-state index in [1.807, 2.05) is 30.3 Å². The monoisotopic (exact) mass is 278 g/mol. The summed E-state index contributed by atoms with van der Waals surface area (Å²) in [6.45, 7) is 5.03. The Labute approximate surface area is 124 Å². The van der Waals surface area contributed by atoms with Gasteiger partial charge in [0.25, 0.3) is 0 Å². The van der Waals surface area contributed by atoms with Crippen LogP contribution in [0.3, 0.4) is 0 Å². The van der Waals surface area contributed by atoms with E-state index in [1.165, 1.54) is 5.56 Å². The summed E-state index contributed by atoms with van der Waals surface area (Å²) in [5.74, 6) is 1.38. The second-order valence-electron chi connectivity index (χ2n) is 5.43. The molecule has 0 aliphatic heterocycles. The molecule has 3 rings (SSSR count). The Hall–Kier alpha value is -2.14. The van der Waals surface area contributed by atoms with Crippen LogP contribution in [0, 0.1) is 0 Å². The lowest BCUT2D eigenvalue weighted by Crippen LogP contribution is -2.13. The molecule has 105 valence electrons. The highest BCUT2D eigenvalue weighted by molar-refractivity contribution is 6.45. The first-order valence-electron chi connectivity index (χ1n) is 7.06. The van der Waals surface area contributed by atoms with Gasteiger partial charge in [-0.2, -0.15) is 0 Å². The number of nitrogens with zero attached hydrogens (tertiary/aromatic N) is 3. The van der Waals surface area contributed by atoms with Gasteiger partial charge < -0.3 is 9.59 Å². The average Bonchev–Trinajstić information content (AvgIpc) is 2.87. The molecule has 1 N–H and O–H groups in total. The maximum atomic E-state index is 8.99. The number of hydrogen-bond donors (Lipinski definition) is 1. The van der Waals surface area contributed by atoms with Crippen molar-refractivity contribution in [1.29, 1.82) is 0 Å². The van der Waals surface area contributed by atoms with Crippen LogP contribution in [0.5, 0.6) is 0 Å². The molecule has 3 aromatic rings. The average molecular weight is 278 g/mol. The number of aromatic nitrogens is 3. The lowest BCUT2D eigenvalue weighted by Gasteiger charge is -2.11. The van der Waals surface area contributed by atoms with Crippen molar-refractivity contribution in [2.24, 2.45) is 0 Å². The van der Waals surface area contributed by atoms with Crippen LogP contribution in [-0.2, 0) is 6.54 Å². The summed E-state index contributed by atoms with van der Waals surface area (Å²) in [5, 5.41) is 8.99. The van der Waals surface area contributed by atoms with Crippen LogP contribution < -0.4 is 5.46 Å². The summed E-state index contributed by atoms with van der Waals surface area (Å²) >= 11 is 0. The highest BCUT2D eigenvalue weighted by Gasteiger charge is 2.14. The van der Waals surface area contributed by atoms with Crippen molar-refractivity contribution >= 4 is 24.1 Å². The lowest BCUT2D eigenvalue weighted by molar-refractivity contribution is 0.615. The Morgan fingerprint density at radius 1 is 1.19 bits per heavy atom. The molecule has 2 aromatic heterocycles. The van der Waals surface area contributed by atoms with E-state index in [1.54, 1.807) is 6.20 Å². The highest BCUT2D eigenvalue weighted by Crippen LogP contribution is 2.21. The first-order chi connectivity index (χ1) is 10.2. The molecule has 1 radical (unpaired) electrons. The van der Waals surface area contributed by atoms with Gasteiger partial charge in [0.1, 0.15) is 5.82 Å². The first-order valence-corrected chi connectivity index (χ1v) is 7.06. The van der Waals surface area contributed by atoms with E-state index in [4.69, 9.17) is 5.02 Å². The zero-order valence-corrected chi connectivity index (χ0v) is 12.2. The molecule has 21 heavy (non-hydrogen) atoms. The standard InChI is InChI=1S/C16H17BN3O/c1-11(2)16-19-15-14(4-3-9-18-15)20(16)10-12-5-7-13(17-21)8-6-12/h3-9,11,21H,10H2,1-2H3. The molecule has 0 aliphatic carbocycles. The van der Waals surface area contributed by atoms with Crippen molar-refractivity contribution in [1.82, 2.24) is 14.5 Å². The minimum absolute atomic E-state index is 0.337. The predicted molar refractivity (Wildman–Crippen MR) is 84.8 cm³/mol. The van der Waals surface area contributed by atoms with Crippen LogP contribution in [0.15, 0.2) is 42.6 Å². The highest BCUT2D eigenvalue weighted by atomic mass is 16.2. The van der Waals surface area contributed by atoms with Crippen LogP contribution >= 0.6 is 0 Å². The van der Waals surface area contributed by atoms with Gasteiger partial charge >= 0.3 is 7.48 Å². The Bertz CT molecular complexity index is 750. The largest absolute Gasteiger partial charge is 0.450 e. The van der Waals surface area contributed by atoms with E-state index in [0.717, 1.165) is 36.5 Å². The maximum absolute atomic E-state index is 8.99. The SMILES string of the molecule is CC(C)c1nc2ncccc2n1Cc1ccc([B]O)cc1. The van der Waals surface area contributed by atoms with Crippen LogP contribution in [-0.4, -0.2) is 27.0 Å². The fourth-order valence-corrected chi connectivity index (χ4v) is 2.48. The Morgan fingerprint density at radius 2 is 1.95 bits per heavy atom. The second kappa shape index (κ2) is 5.70. The second-order valence-corrected chi connectivity index (χ2v) is 5.43. The van der Waals surface area contributed by atoms with E-state index < -0.39 is 0 Å². The molecule has 0 bridgehead atoms. The summed E-state index contributed by atoms with van der Waals surface area (Å²) in [6.07, 6.45) is 1.77. The minimum Gasteiger partial charge on any atom is -0.450 e. The molecule has 0 amide bonds. The Kier molecular flexibility index (Phi) is 3.75. The van der Waals surface area contributed by atoms with Crippen LogP contribution in [0.1, 0.15) is 31.2 Å². The summed E-state index contributed by atoms with van der Waals surface area (Å²) in [7, 11) is 1.11. The van der Waals surface area contributed by atoms with Crippen LogP contribution in [0.2, 0.25) is 0 Å². The number of fused-ring (bicyclic) bond motifs is 1. The number of rotatable bonds is 4. The molecule has 0 aliphatic rings.